The summed E-state index contributed by atoms with van der Waals surface area (Å²) in [6.45, 7) is 4.03. The van der Waals surface area contributed by atoms with Crippen LogP contribution in [0.25, 0.3) is 11.6 Å². The summed E-state index contributed by atoms with van der Waals surface area (Å²) in [6, 6.07) is 0. The number of nitrogens with one attached hydrogen (secondary N) is 1. The molecule has 0 bridgehead atoms. The molecule has 0 atom stereocenters. The molecule has 0 saturated carbocycles. The minimum Gasteiger partial charge on any atom is -0.419 e. The highest BCUT2D eigenvalue weighted by Gasteiger charge is 2.09. The van der Waals surface area contributed by atoms with Crippen molar-refractivity contribution in [2.75, 3.05) is 13.1 Å². The van der Waals surface area contributed by atoms with Gasteiger partial charge in [-0.1, -0.05) is 6.92 Å². The third-order valence-corrected chi connectivity index (χ3v) is 2.65. The fourth-order valence-electron chi connectivity index (χ4n) is 1.27. The first kappa shape index (κ1) is 11.2. The number of nitrogens with zero attached hydrogens (tertiary/aromatic N) is 3. The van der Waals surface area contributed by atoms with Crippen molar-refractivity contribution in [1.29, 1.82) is 0 Å². The quantitative estimate of drug-likeness (QED) is 0.776. The molecule has 0 fully saturated rings. The van der Waals surface area contributed by atoms with Crippen LogP contribution in [0.1, 0.15) is 19.2 Å². The van der Waals surface area contributed by atoms with Crippen molar-refractivity contribution in [1.82, 2.24) is 20.5 Å². The Bertz CT molecular complexity index is 412. The number of aromatic nitrogens is 3. The van der Waals surface area contributed by atoms with Gasteiger partial charge in [0.1, 0.15) is 5.69 Å². The molecule has 0 aliphatic rings. The second kappa shape index (κ2) is 5.72. The van der Waals surface area contributed by atoms with E-state index in [4.69, 9.17) is 4.42 Å². The average Bonchev–Trinajstić information content (AvgIpc) is 2.94. The first-order chi connectivity index (χ1) is 7.90. The molecule has 5 nitrogen and oxygen atoms in total. The Kier molecular flexibility index (Phi) is 4.01. The number of thiazole rings is 1. The van der Waals surface area contributed by atoms with Crippen molar-refractivity contribution >= 4 is 11.3 Å². The lowest BCUT2D eigenvalue weighted by Crippen LogP contribution is -2.17. The van der Waals surface area contributed by atoms with Gasteiger partial charge < -0.3 is 9.73 Å². The highest BCUT2D eigenvalue weighted by Crippen LogP contribution is 2.16. The van der Waals surface area contributed by atoms with Crippen LogP contribution in [0.5, 0.6) is 0 Å². The van der Waals surface area contributed by atoms with Gasteiger partial charge in [0, 0.05) is 18.3 Å². The predicted octanol–water partition coefficient (Wildman–Crippen LogP) is 1.74. The summed E-state index contributed by atoms with van der Waals surface area (Å²) in [6.07, 6.45) is 1.89. The van der Waals surface area contributed by atoms with E-state index >= 15 is 0 Å². The van der Waals surface area contributed by atoms with Crippen molar-refractivity contribution < 1.29 is 4.42 Å². The van der Waals surface area contributed by atoms with Crippen molar-refractivity contribution in [3.8, 4) is 11.6 Å². The van der Waals surface area contributed by atoms with Gasteiger partial charge in [-0.25, -0.2) is 4.98 Å². The van der Waals surface area contributed by atoms with Crippen molar-refractivity contribution in [2.45, 2.75) is 19.8 Å². The molecule has 6 heteroatoms. The zero-order valence-electron chi connectivity index (χ0n) is 9.14. The molecule has 0 aliphatic heterocycles. The Morgan fingerprint density at radius 3 is 3.06 bits per heavy atom. The van der Waals surface area contributed by atoms with Crippen LogP contribution in [0.15, 0.2) is 15.3 Å². The van der Waals surface area contributed by atoms with Crippen LogP contribution in [0.3, 0.4) is 0 Å². The maximum atomic E-state index is 5.49. The van der Waals surface area contributed by atoms with E-state index in [9.17, 15) is 0 Å². The molecule has 2 rings (SSSR count). The first-order valence-corrected chi connectivity index (χ1v) is 6.26. The Morgan fingerprint density at radius 1 is 1.38 bits per heavy atom. The number of rotatable bonds is 6. The molecule has 0 radical (unpaired) electrons. The summed E-state index contributed by atoms with van der Waals surface area (Å²) in [7, 11) is 0. The third-order valence-electron chi connectivity index (χ3n) is 2.06. The second-order valence-electron chi connectivity index (χ2n) is 3.37. The SMILES string of the molecule is CCCNCCc1nnc(-c2cscn2)o1. The lowest BCUT2D eigenvalue weighted by molar-refractivity contribution is 0.493. The molecule has 2 aromatic rings. The fraction of sp³-hybridized carbons (Fsp3) is 0.500. The van der Waals surface area contributed by atoms with Crippen LogP contribution in [0, 0.1) is 0 Å². The van der Waals surface area contributed by atoms with Gasteiger partial charge >= 0.3 is 0 Å². The molecular weight excluding hydrogens is 224 g/mol. The fourth-order valence-corrected chi connectivity index (χ4v) is 1.80. The summed E-state index contributed by atoms with van der Waals surface area (Å²) in [4.78, 5) is 4.12. The zero-order chi connectivity index (χ0) is 11.2. The molecule has 0 spiro atoms. The van der Waals surface area contributed by atoms with Crippen molar-refractivity contribution in [3.05, 3.63) is 16.8 Å². The van der Waals surface area contributed by atoms with Crippen molar-refractivity contribution in [3.63, 3.8) is 0 Å². The van der Waals surface area contributed by atoms with Gasteiger partial charge in [0.15, 0.2) is 0 Å². The van der Waals surface area contributed by atoms with Crippen LogP contribution in [0.2, 0.25) is 0 Å². The minimum absolute atomic E-state index is 0.506. The molecule has 0 amide bonds. The van der Waals surface area contributed by atoms with E-state index < -0.39 is 0 Å². The van der Waals surface area contributed by atoms with Gasteiger partial charge in [-0.2, -0.15) is 0 Å². The molecule has 1 N–H and O–H groups in total. The zero-order valence-corrected chi connectivity index (χ0v) is 9.96. The summed E-state index contributed by atoms with van der Waals surface area (Å²) >= 11 is 1.52. The van der Waals surface area contributed by atoms with Crippen LogP contribution >= 0.6 is 11.3 Å². The molecule has 2 aromatic heterocycles. The average molecular weight is 238 g/mol. The molecule has 0 unspecified atom stereocenters. The standard InChI is InChI=1S/C10H14N4OS/c1-2-4-11-5-3-9-13-14-10(15-9)8-6-16-7-12-8/h6-7,11H,2-5H2,1H3. The summed E-state index contributed by atoms with van der Waals surface area (Å²) in [5, 5.41) is 13.1. The van der Waals surface area contributed by atoms with Crippen LogP contribution in [0.4, 0.5) is 0 Å². The van der Waals surface area contributed by atoms with Crippen LogP contribution in [-0.2, 0) is 6.42 Å². The Morgan fingerprint density at radius 2 is 2.31 bits per heavy atom. The molecular formula is C10H14N4OS. The van der Waals surface area contributed by atoms with Gasteiger partial charge in [-0.3, -0.25) is 0 Å². The number of hydrogen-bond donors (Lipinski definition) is 1. The van der Waals surface area contributed by atoms with Crippen LogP contribution < -0.4 is 5.32 Å². The monoisotopic (exact) mass is 238 g/mol. The highest BCUT2D eigenvalue weighted by molar-refractivity contribution is 7.07. The normalized spacial score (nSPS) is 10.8. The van der Waals surface area contributed by atoms with E-state index in [2.05, 4.69) is 27.4 Å². The van der Waals surface area contributed by atoms with Crippen LogP contribution in [-0.4, -0.2) is 28.3 Å². The van der Waals surface area contributed by atoms with Crippen molar-refractivity contribution in [2.24, 2.45) is 0 Å². The minimum atomic E-state index is 0.506. The maximum absolute atomic E-state index is 5.49. The van der Waals surface area contributed by atoms with E-state index in [0.29, 0.717) is 11.8 Å². The lowest BCUT2D eigenvalue weighted by atomic mass is 10.4. The number of hydrogen-bond acceptors (Lipinski definition) is 6. The molecule has 2 heterocycles. The smallest absolute Gasteiger partial charge is 0.267 e. The predicted molar refractivity (Wildman–Crippen MR) is 62.3 cm³/mol. The van der Waals surface area contributed by atoms with Gasteiger partial charge in [-0.05, 0) is 13.0 Å². The molecule has 0 aliphatic carbocycles. The van der Waals surface area contributed by atoms with E-state index in [1.807, 2.05) is 5.38 Å². The van der Waals surface area contributed by atoms with Gasteiger partial charge in [0.05, 0.1) is 5.51 Å². The maximum Gasteiger partial charge on any atom is 0.267 e. The lowest BCUT2D eigenvalue weighted by Gasteiger charge is -1.98. The molecule has 0 saturated heterocycles. The third kappa shape index (κ3) is 2.86. The van der Waals surface area contributed by atoms with Gasteiger partial charge in [-0.15, -0.1) is 21.5 Å². The Labute approximate surface area is 97.9 Å². The molecule has 16 heavy (non-hydrogen) atoms. The summed E-state index contributed by atoms with van der Waals surface area (Å²) in [5.41, 5.74) is 2.51. The summed E-state index contributed by atoms with van der Waals surface area (Å²) < 4.78 is 5.49. The molecule has 0 aromatic carbocycles. The van der Waals surface area contributed by atoms with E-state index in [1.165, 1.54) is 11.3 Å². The van der Waals surface area contributed by atoms with E-state index in [0.717, 1.165) is 31.6 Å². The Hall–Kier alpha value is -1.27. The highest BCUT2D eigenvalue weighted by atomic mass is 32.1. The first-order valence-electron chi connectivity index (χ1n) is 5.32. The van der Waals surface area contributed by atoms with Gasteiger partial charge in [0.2, 0.25) is 5.89 Å². The Balaban J connectivity index is 1.88. The van der Waals surface area contributed by atoms with Gasteiger partial charge in [0.25, 0.3) is 5.89 Å². The van der Waals surface area contributed by atoms with E-state index in [-0.39, 0.29) is 0 Å². The second-order valence-corrected chi connectivity index (χ2v) is 4.09. The summed E-state index contributed by atoms with van der Waals surface area (Å²) in [5.74, 6) is 1.17. The van der Waals surface area contributed by atoms with E-state index in [1.54, 1.807) is 5.51 Å². The molecule has 86 valence electrons. The largest absolute Gasteiger partial charge is 0.419 e. The topological polar surface area (TPSA) is 63.8 Å².